The zero-order chi connectivity index (χ0) is 33.9. The molecular weight excluding hydrogens is 614 g/mol. The van der Waals surface area contributed by atoms with Crippen molar-refractivity contribution in [3.05, 3.63) is 0 Å². The van der Waals surface area contributed by atoms with Crippen LogP contribution in [0.1, 0.15) is 32.1 Å². The van der Waals surface area contributed by atoms with Gasteiger partial charge in [0.15, 0.2) is 18.4 Å². The largest absolute Gasteiger partial charge is 0.394 e. The van der Waals surface area contributed by atoms with Gasteiger partial charge in [0, 0.05) is 25.0 Å². The highest BCUT2D eigenvalue weighted by atomic mass is 16.7. The normalized spacial score (nSPS) is 47.3. The van der Waals surface area contributed by atoms with Crippen molar-refractivity contribution in [1.82, 2.24) is 5.32 Å². The number of ketones is 1. The number of rotatable bonds is 14. The van der Waals surface area contributed by atoms with Crippen molar-refractivity contribution < 1.29 is 64.6 Å². The molecule has 4 aliphatic rings. The van der Waals surface area contributed by atoms with Gasteiger partial charge in [-0.15, -0.1) is 0 Å². The Bertz CT molecular complexity index is 967. The van der Waals surface area contributed by atoms with Crippen molar-refractivity contribution in [3.8, 4) is 0 Å². The van der Waals surface area contributed by atoms with E-state index in [0.29, 0.717) is 12.5 Å². The molecule has 1 unspecified atom stereocenters. The number of Topliss-reactive ketones (excluding diaryl/α,β-unsaturated/α-hetero) is 1. The molecule has 0 spiro atoms. The number of nitrogens with one attached hydrogen (secondary N) is 1. The quantitative estimate of drug-likeness (QED) is 0.0818. The van der Waals surface area contributed by atoms with E-state index in [9.17, 15) is 45.6 Å². The van der Waals surface area contributed by atoms with Gasteiger partial charge in [-0.3, -0.25) is 4.79 Å². The minimum atomic E-state index is -1.73. The maximum atomic E-state index is 12.8. The molecule has 4 rings (SSSR count). The molecule has 2 saturated carbocycles. The summed E-state index contributed by atoms with van der Waals surface area (Å²) in [6.45, 7) is 0.123. The molecule has 2 aliphatic carbocycles. The van der Waals surface area contributed by atoms with Crippen LogP contribution in [-0.4, -0.2) is 171 Å². The van der Waals surface area contributed by atoms with Crippen molar-refractivity contribution in [2.75, 3.05) is 26.2 Å². The van der Waals surface area contributed by atoms with Crippen molar-refractivity contribution in [2.45, 2.75) is 130 Å². The highest BCUT2D eigenvalue weighted by Crippen LogP contribution is 2.36. The van der Waals surface area contributed by atoms with Crippen molar-refractivity contribution >= 4 is 5.78 Å². The molecule has 17 N–H and O–H groups in total. The SMILES string of the molecule is NCC[C@H](O)C(=O)C[C@@H]1C[C@H](N)C(O[C@H]2O[C@H](CNCC3CC(N)C3)[C@@H](O)[C@H](O)[C@H]2O)[C@H](O)[C@H]1O[C@H]1O[C@H](CO)[C@@H](O)[C@H](N)[C@H]1O. The molecular formula is C28H53N5O13. The first kappa shape index (κ1) is 37.8. The Morgan fingerprint density at radius 2 is 1.43 bits per heavy atom. The Kier molecular flexibility index (Phi) is 13.6. The summed E-state index contributed by atoms with van der Waals surface area (Å²) < 4.78 is 23.3. The summed E-state index contributed by atoms with van der Waals surface area (Å²) in [5.74, 6) is -1.06. The van der Waals surface area contributed by atoms with Crippen LogP contribution in [0.3, 0.4) is 0 Å². The Morgan fingerprint density at radius 3 is 2.07 bits per heavy atom. The summed E-state index contributed by atoms with van der Waals surface area (Å²) in [6, 6.07) is -2.11. The number of aliphatic hydroxyl groups excluding tert-OH is 8. The Morgan fingerprint density at radius 1 is 0.804 bits per heavy atom. The standard InChI is InChI=1S/C28H53N5O13/c29-2-1-14(35)15(36)6-11-5-13(31)26(24(42)25(11)45-27-21(39)18(32)19(37)17(9-34)44-27)46-28-23(41)22(40)20(38)16(43-28)8-33-7-10-3-12(30)4-10/h10-14,16-28,33-35,37-42H,1-9,29-32H2/t10?,11-,12?,13-,14-,16+,17+,18-,19+,20+,21+,22-,23+,24+,25-,26?,27+,28+/m0/s1. The lowest BCUT2D eigenvalue weighted by Crippen LogP contribution is -2.67. The minimum Gasteiger partial charge on any atom is -0.394 e. The first-order valence-electron chi connectivity index (χ1n) is 16.0. The van der Waals surface area contributed by atoms with Crippen LogP contribution in [0.5, 0.6) is 0 Å². The van der Waals surface area contributed by atoms with Gasteiger partial charge >= 0.3 is 0 Å². The summed E-state index contributed by atoms with van der Waals surface area (Å²) in [5, 5.41) is 87.4. The predicted molar refractivity (Wildman–Crippen MR) is 157 cm³/mol. The lowest BCUT2D eigenvalue weighted by atomic mass is 9.76. The molecule has 2 saturated heterocycles. The summed E-state index contributed by atoms with van der Waals surface area (Å²) >= 11 is 0. The molecule has 0 amide bonds. The number of hydrogen-bond acceptors (Lipinski definition) is 18. The summed E-state index contributed by atoms with van der Waals surface area (Å²) in [5.41, 5.74) is 23.6. The van der Waals surface area contributed by atoms with Crippen molar-refractivity contribution in [2.24, 2.45) is 34.8 Å². The molecule has 18 nitrogen and oxygen atoms in total. The number of carbonyl (C=O) groups excluding carboxylic acids is 1. The van der Waals surface area contributed by atoms with Gasteiger partial charge in [-0.2, -0.15) is 0 Å². The van der Waals surface area contributed by atoms with E-state index < -0.39 is 110 Å². The van der Waals surface area contributed by atoms with E-state index >= 15 is 0 Å². The lowest BCUT2D eigenvalue weighted by molar-refractivity contribution is -0.335. The van der Waals surface area contributed by atoms with Crippen LogP contribution < -0.4 is 28.3 Å². The van der Waals surface area contributed by atoms with Crippen LogP contribution in [0.25, 0.3) is 0 Å². The molecule has 0 aromatic heterocycles. The first-order chi connectivity index (χ1) is 21.8. The smallest absolute Gasteiger partial charge is 0.187 e. The van der Waals surface area contributed by atoms with Gasteiger partial charge in [-0.1, -0.05) is 0 Å². The Balaban J connectivity index is 1.49. The second kappa shape index (κ2) is 16.6. The number of nitrogens with two attached hydrogens (primary N) is 4. The van der Waals surface area contributed by atoms with E-state index in [1.165, 1.54) is 0 Å². The predicted octanol–water partition coefficient (Wildman–Crippen LogP) is -6.97. The average molecular weight is 668 g/mol. The number of hydrogen-bond donors (Lipinski definition) is 13. The molecule has 0 bridgehead atoms. The highest BCUT2D eigenvalue weighted by molar-refractivity contribution is 5.83. The molecule has 268 valence electrons. The van der Waals surface area contributed by atoms with Gasteiger partial charge in [-0.25, -0.2) is 0 Å². The topological polar surface area (TPSA) is 332 Å². The molecule has 46 heavy (non-hydrogen) atoms. The van der Waals surface area contributed by atoms with E-state index in [1.54, 1.807) is 0 Å². The second-order valence-corrected chi connectivity index (χ2v) is 13.2. The molecule has 16 atom stereocenters. The molecule has 2 aliphatic heterocycles. The summed E-state index contributed by atoms with van der Waals surface area (Å²) in [7, 11) is 0. The van der Waals surface area contributed by atoms with Crippen molar-refractivity contribution in [1.29, 1.82) is 0 Å². The van der Waals surface area contributed by atoms with Gasteiger partial charge in [0.1, 0.15) is 61.0 Å². The monoisotopic (exact) mass is 667 g/mol. The van der Waals surface area contributed by atoms with Crippen LogP contribution in [0.15, 0.2) is 0 Å². The van der Waals surface area contributed by atoms with Crippen molar-refractivity contribution in [3.63, 3.8) is 0 Å². The van der Waals surface area contributed by atoms with E-state index in [4.69, 9.17) is 41.9 Å². The highest BCUT2D eigenvalue weighted by Gasteiger charge is 2.52. The van der Waals surface area contributed by atoms with Crippen LogP contribution in [0.4, 0.5) is 0 Å². The van der Waals surface area contributed by atoms with Gasteiger partial charge in [0.05, 0.1) is 18.8 Å². The van der Waals surface area contributed by atoms with Crippen LogP contribution in [0.2, 0.25) is 0 Å². The Labute approximate surface area is 266 Å². The second-order valence-electron chi connectivity index (χ2n) is 13.2. The van der Waals surface area contributed by atoms with E-state index in [-0.39, 0.29) is 38.4 Å². The average Bonchev–Trinajstić information content (AvgIpc) is 3.00. The van der Waals surface area contributed by atoms with E-state index in [2.05, 4.69) is 5.32 Å². The number of carbonyl (C=O) groups is 1. The van der Waals surface area contributed by atoms with Gasteiger partial charge in [-0.05, 0) is 50.6 Å². The zero-order valence-electron chi connectivity index (χ0n) is 25.7. The molecule has 0 aromatic rings. The van der Waals surface area contributed by atoms with E-state index in [0.717, 1.165) is 12.8 Å². The van der Waals surface area contributed by atoms with Gasteiger partial charge in [0.25, 0.3) is 0 Å². The van der Waals surface area contributed by atoms with Crippen LogP contribution in [-0.2, 0) is 23.7 Å². The third kappa shape index (κ3) is 8.58. The third-order valence-corrected chi connectivity index (χ3v) is 9.65. The molecule has 0 aromatic carbocycles. The van der Waals surface area contributed by atoms with Gasteiger partial charge in [0.2, 0.25) is 0 Å². The maximum absolute atomic E-state index is 12.8. The summed E-state index contributed by atoms with van der Waals surface area (Å²) in [6.07, 6.45) is -17.5. The zero-order valence-corrected chi connectivity index (χ0v) is 25.7. The third-order valence-electron chi connectivity index (χ3n) is 9.65. The molecule has 2 heterocycles. The van der Waals surface area contributed by atoms with Gasteiger partial charge < -0.3 is 88.1 Å². The maximum Gasteiger partial charge on any atom is 0.187 e. The molecule has 18 heteroatoms. The fourth-order valence-electron chi connectivity index (χ4n) is 6.74. The van der Waals surface area contributed by atoms with E-state index in [1.807, 2.05) is 0 Å². The van der Waals surface area contributed by atoms with Crippen LogP contribution in [0, 0.1) is 11.8 Å². The number of aliphatic hydroxyl groups is 8. The minimum absolute atomic E-state index is 0.00208. The summed E-state index contributed by atoms with van der Waals surface area (Å²) in [4.78, 5) is 12.8. The number of ether oxygens (including phenoxy) is 4. The molecule has 0 radical (unpaired) electrons. The Hall–Kier alpha value is -1.01. The fraction of sp³-hybridized carbons (Fsp3) is 0.964. The fourth-order valence-corrected chi connectivity index (χ4v) is 6.74. The first-order valence-corrected chi connectivity index (χ1v) is 16.0. The lowest BCUT2D eigenvalue weighted by Gasteiger charge is -2.49. The van der Waals surface area contributed by atoms with Crippen LogP contribution >= 0.6 is 0 Å². The molecule has 4 fully saturated rings.